The highest BCUT2D eigenvalue weighted by Crippen LogP contribution is 2.37. The third-order valence-corrected chi connectivity index (χ3v) is 6.19. The minimum atomic E-state index is -0.638. The molecule has 1 saturated carbocycles. The van der Waals surface area contributed by atoms with Crippen LogP contribution in [-0.4, -0.2) is 44.7 Å². The molecule has 2 aromatic rings. The Morgan fingerprint density at radius 3 is 2.80 bits per heavy atom. The van der Waals surface area contributed by atoms with Gasteiger partial charge in [0.2, 0.25) is 5.95 Å². The predicted molar refractivity (Wildman–Crippen MR) is 109 cm³/mol. The number of rotatable bonds is 5. The van der Waals surface area contributed by atoms with Crippen molar-refractivity contribution in [3.05, 3.63) is 36.0 Å². The number of nitriles is 1. The maximum absolute atomic E-state index is 13.4. The Kier molecular flexibility index (Phi) is 5.95. The Balaban J connectivity index is 1.54. The normalized spacial score (nSPS) is 24.9. The van der Waals surface area contributed by atoms with Crippen molar-refractivity contribution in [2.45, 2.75) is 50.6 Å². The van der Waals surface area contributed by atoms with Gasteiger partial charge in [-0.05, 0) is 51.3 Å². The minimum absolute atomic E-state index is 0.126. The number of carbonyl (C=O) groups excluding carboxylic acids is 1. The molecule has 8 nitrogen and oxygen atoms in total. The van der Waals surface area contributed by atoms with Crippen molar-refractivity contribution in [2.24, 2.45) is 11.7 Å². The predicted octanol–water partition coefficient (Wildman–Crippen LogP) is 2.98. The van der Waals surface area contributed by atoms with Crippen LogP contribution in [0.5, 0.6) is 0 Å². The number of aromatic nitrogens is 3. The molecule has 0 aromatic carbocycles. The van der Waals surface area contributed by atoms with Crippen LogP contribution in [0.4, 0.5) is 15.9 Å². The lowest BCUT2D eigenvalue weighted by molar-refractivity contribution is 0.0960. The number of nitrogens with one attached hydrogen (secondary N) is 1. The van der Waals surface area contributed by atoms with E-state index >= 15 is 0 Å². The van der Waals surface area contributed by atoms with Gasteiger partial charge in [0.15, 0.2) is 5.82 Å². The van der Waals surface area contributed by atoms with Crippen molar-refractivity contribution < 1.29 is 9.18 Å². The summed E-state index contributed by atoms with van der Waals surface area (Å²) in [5, 5.41) is 17.3. The van der Waals surface area contributed by atoms with Gasteiger partial charge in [0.05, 0.1) is 18.0 Å². The molecule has 1 aliphatic carbocycles. The van der Waals surface area contributed by atoms with E-state index in [0.29, 0.717) is 11.7 Å². The lowest BCUT2D eigenvalue weighted by Gasteiger charge is -2.40. The highest BCUT2D eigenvalue weighted by molar-refractivity contribution is 5.98. The van der Waals surface area contributed by atoms with Crippen molar-refractivity contribution in [2.75, 3.05) is 18.4 Å². The largest absolute Gasteiger partial charge is 0.365 e. The fraction of sp³-hybridized carbons (Fsp3) is 0.524. The molecule has 0 unspecified atom stereocenters. The third kappa shape index (κ3) is 4.28. The summed E-state index contributed by atoms with van der Waals surface area (Å²) in [6.45, 7) is 2.22. The van der Waals surface area contributed by atoms with Gasteiger partial charge in [-0.2, -0.15) is 14.8 Å². The summed E-state index contributed by atoms with van der Waals surface area (Å²) in [7, 11) is 0. The quantitative estimate of drug-likeness (QED) is 0.732. The summed E-state index contributed by atoms with van der Waals surface area (Å²) in [6, 6.07) is 5.55. The zero-order valence-corrected chi connectivity index (χ0v) is 16.8. The smallest absolute Gasteiger partial charge is 0.254 e. The second-order valence-corrected chi connectivity index (χ2v) is 8.09. The fourth-order valence-electron chi connectivity index (χ4n) is 4.65. The van der Waals surface area contributed by atoms with E-state index < -0.39 is 11.9 Å². The Hall–Kier alpha value is -2.99. The molecule has 0 bridgehead atoms. The van der Waals surface area contributed by atoms with Gasteiger partial charge in [0.1, 0.15) is 5.56 Å². The van der Waals surface area contributed by atoms with E-state index in [0.717, 1.165) is 32.4 Å². The zero-order chi connectivity index (χ0) is 21.1. The van der Waals surface area contributed by atoms with E-state index in [1.807, 2.05) is 0 Å². The second-order valence-electron chi connectivity index (χ2n) is 8.09. The highest BCUT2D eigenvalue weighted by atomic mass is 19.1. The number of primary amides is 1. The number of nitrogens with two attached hydrogens (primary N) is 1. The molecule has 0 radical (unpaired) electrons. The lowest BCUT2D eigenvalue weighted by Crippen LogP contribution is -2.44. The van der Waals surface area contributed by atoms with Crippen LogP contribution in [0.1, 0.15) is 54.9 Å². The number of anilines is 2. The van der Waals surface area contributed by atoms with Gasteiger partial charge in [-0.25, -0.2) is 4.98 Å². The van der Waals surface area contributed by atoms with Crippen molar-refractivity contribution in [1.29, 1.82) is 5.26 Å². The first-order chi connectivity index (χ1) is 14.5. The Morgan fingerprint density at radius 2 is 2.10 bits per heavy atom. The molecule has 2 fully saturated rings. The molecule has 1 saturated heterocycles. The van der Waals surface area contributed by atoms with Gasteiger partial charge in [0, 0.05) is 30.2 Å². The van der Waals surface area contributed by atoms with Gasteiger partial charge in [-0.15, -0.1) is 0 Å². The van der Waals surface area contributed by atoms with Crippen molar-refractivity contribution >= 4 is 17.4 Å². The van der Waals surface area contributed by atoms with E-state index in [9.17, 15) is 14.4 Å². The molecule has 1 aliphatic heterocycles. The first kappa shape index (κ1) is 20.3. The van der Waals surface area contributed by atoms with Crippen LogP contribution in [0.2, 0.25) is 0 Å². The molecule has 158 valence electrons. The average Bonchev–Trinajstić information content (AvgIpc) is 3.18. The monoisotopic (exact) mass is 411 g/mol. The summed E-state index contributed by atoms with van der Waals surface area (Å²) in [5.41, 5.74) is 6.17. The number of amides is 1. The zero-order valence-electron chi connectivity index (χ0n) is 16.8. The summed E-state index contributed by atoms with van der Waals surface area (Å²) >= 11 is 0. The number of piperidine rings is 1. The van der Waals surface area contributed by atoms with Gasteiger partial charge >= 0.3 is 0 Å². The Labute approximate surface area is 174 Å². The first-order valence-electron chi connectivity index (χ1n) is 10.5. The molecule has 3 N–H and O–H groups in total. The molecule has 0 spiro atoms. The number of halogens is 1. The molecule has 9 heteroatoms. The van der Waals surface area contributed by atoms with Crippen LogP contribution in [0.3, 0.4) is 0 Å². The van der Waals surface area contributed by atoms with Gasteiger partial charge in [-0.3, -0.25) is 9.48 Å². The van der Waals surface area contributed by atoms with Crippen LogP contribution in [0, 0.1) is 23.2 Å². The Bertz CT molecular complexity index is 947. The third-order valence-electron chi connectivity index (χ3n) is 6.19. The topological polar surface area (TPSA) is 113 Å². The van der Waals surface area contributed by atoms with E-state index in [-0.39, 0.29) is 23.3 Å². The van der Waals surface area contributed by atoms with Crippen molar-refractivity contribution in [1.82, 2.24) is 19.7 Å². The van der Waals surface area contributed by atoms with E-state index in [4.69, 9.17) is 5.73 Å². The molecular weight excluding hydrogens is 385 g/mol. The van der Waals surface area contributed by atoms with E-state index in [1.54, 1.807) is 16.9 Å². The molecule has 1 amide bonds. The highest BCUT2D eigenvalue weighted by Gasteiger charge is 2.36. The molecular formula is C21H26FN7O. The number of likely N-dealkylation sites (tertiary alicyclic amines) is 1. The Morgan fingerprint density at radius 1 is 1.30 bits per heavy atom. The van der Waals surface area contributed by atoms with Crippen LogP contribution < -0.4 is 11.1 Å². The lowest BCUT2D eigenvalue weighted by atomic mass is 9.81. The first-order valence-corrected chi connectivity index (χ1v) is 10.5. The summed E-state index contributed by atoms with van der Waals surface area (Å²) in [6.07, 6.45) is 9.26. The fourth-order valence-corrected chi connectivity index (χ4v) is 4.65. The molecule has 30 heavy (non-hydrogen) atoms. The van der Waals surface area contributed by atoms with Gasteiger partial charge in [-0.1, -0.05) is 6.42 Å². The number of pyridine rings is 1. The number of hydrogen-bond donors (Lipinski definition) is 2. The second kappa shape index (κ2) is 8.79. The van der Waals surface area contributed by atoms with E-state index in [2.05, 4.69) is 26.4 Å². The SMILES string of the molecule is N#C[C@H]1C[C@H](N2CCCCC2)CC[C@@H]1n1cc(C(N)=O)c(Nc2ccnc(F)c2)n1. The maximum Gasteiger partial charge on any atom is 0.254 e. The minimum Gasteiger partial charge on any atom is -0.365 e. The van der Waals surface area contributed by atoms with Crippen LogP contribution in [-0.2, 0) is 0 Å². The summed E-state index contributed by atoms with van der Waals surface area (Å²) in [5.74, 6) is -1.21. The molecule has 3 heterocycles. The average molecular weight is 411 g/mol. The standard InChI is InChI=1S/C21H26FN7O/c22-19-11-15(6-7-25-19)26-21-17(20(24)30)13-29(27-21)18-5-4-16(10-14(18)12-23)28-8-2-1-3-9-28/h6-7,11,13-14,16,18H,1-5,8-10H2,(H2,24,30)(H,25,26,27)/t14-,16-,18+/m1/s1. The van der Waals surface area contributed by atoms with Crippen LogP contribution in [0.15, 0.2) is 24.5 Å². The van der Waals surface area contributed by atoms with Gasteiger partial charge < -0.3 is 16.0 Å². The van der Waals surface area contributed by atoms with Crippen molar-refractivity contribution in [3.63, 3.8) is 0 Å². The van der Waals surface area contributed by atoms with E-state index in [1.165, 1.54) is 31.5 Å². The van der Waals surface area contributed by atoms with Gasteiger partial charge in [0.25, 0.3) is 5.91 Å². The van der Waals surface area contributed by atoms with Crippen LogP contribution >= 0.6 is 0 Å². The number of nitrogens with zero attached hydrogens (tertiary/aromatic N) is 5. The van der Waals surface area contributed by atoms with Crippen molar-refractivity contribution in [3.8, 4) is 6.07 Å². The number of hydrogen-bond acceptors (Lipinski definition) is 6. The molecule has 2 aromatic heterocycles. The summed E-state index contributed by atoms with van der Waals surface area (Å²) < 4.78 is 15.1. The molecule has 2 aliphatic rings. The van der Waals surface area contributed by atoms with Crippen LogP contribution in [0.25, 0.3) is 0 Å². The number of carbonyl (C=O) groups is 1. The molecule has 3 atom stereocenters. The summed E-state index contributed by atoms with van der Waals surface area (Å²) in [4.78, 5) is 18.0. The molecule has 4 rings (SSSR count). The maximum atomic E-state index is 13.4.